The minimum Gasteiger partial charge on any atom is -0.350 e. The van der Waals surface area contributed by atoms with Crippen LogP contribution in [0.4, 0.5) is 0 Å². The molecule has 0 aliphatic heterocycles. The van der Waals surface area contributed by atoms with E-state index >= 15 is 0 Å². The predicted molar refractivity (Wildman–Crippen MR) is 62.7 cm³/mol. The molecule has 0 spiro atoms. The molecule has 0 saturated carbocycles. The molecule has 3 heteroatoms. The van der Waals surface area contributed by atoms with E-state index < -0.39 is 0 Å². The Morgan fingerprint density at radius 1 is 1.56 bits per heavy atom. The van der Waals surface area contributed by atoms with Gasteiger partial charge < -0.3 is 5.32 Å². The first kappa shape index (κ1) is 12.0. The summed E-state index contributed by atoms with van der Waals surface area (Å²) in [6, 6.07) is 9.01. The summed E-state index contributed by atoms with van der Waals surface area (Å²) in [5.74, 6) is -0.0443. The van der Waals surface area contributed by atoms with Gasteiger partial charge in [-0.25, -0.2) is 0 Å². The van der Waals surface area contributed by atoms with Gasteiger partial charge in [0.15, 0.2) is 0 Å². The van der Waals surface area contributed by atoms with Crippen molar-refractivity contribution in [1.29, 1.82) is 5.26 Å². The van der Waals surface area contributed by atoms with E-state index in [-0.39, 0.29) is 11.9 Å². The van der Waals surface area contributed by atoms with E-state index in [1.807, 2.05) is 13.0 Å². The smallest absolute Gasteiger partial charge is 0.224 e. The molecule has 1 unspecified atom stereocenters. The molecule has 0 radical (unpaired) electrons. The quantitative estimate of drug-likeness (QED) is 0.777. The molecule has 1 aromatic rings. The molecule has 0 bridgehead atoms. The lowest BCUT2D eigenvalue weighted by Crippen LogP contribution is -2.32. The molecule has 1 aromatic carbocycles. The van der Waals surface area contributed by atoms with Crippen LogP contribution in [0.3, 0.4) is 0 Å². The molecule has 0 aromatic heterocycles. The van der Waals surface area contributed by atoms with Crippen LogP contribution in [0.25, 0.3) is 0 Å². The van der Waals surface area contributed by atoms with Gasteiger partial charge in [0.25, 0.3) is 0 Å². The van der Waals surface area contributed by atoms with Crippen molar-refractivity contribution < 1.29 is 4.79 Å². The minimum absolute atomic E-state index is 0.0223. The summed E-state index contributed by atoms with van der Waals surface area (Å²) in [5, 5.41) is 11.4. The molecular formula is C13H14N2O. The molecule has 0 saturated heterocycles. The second-order valence-corrected chi connectivity index (χ2v) is 3.58. The van der Waals surface area contributed by atoms with E-state index in [0.717, 1.165) is 5.56 Å². The van der Waals surface area contributed by atoms with Crippen molar-refractivity contribution in [3.63, 3.8) is 0 Å². The van der Waals surface area contributed by atoms with Gasteiger partial charge >= 0.3 is 0 Å². The molecule has 0 heterocycles. The zero-order valence-electron chi connectivity index (χ0n) is 9.23. The van der Waals surface area contributed by atoms with Gasteiger partial charge in [-0.15, -0.1) is 6.58 Å². The summed E-state index contributed by atoms with van der Waals surface area (Å²) in [4.78, 5) is 11.5. The number of hydrogen-bond donors (Lipinski definition) is 1. The van der Waals surface area contributed by atoms with Gasteiger partial charge in [0, 0.05) is 6.04 Å². The Morgan fingerprint density at radius 2 is 2.19 bits per heavy atom. The number of carbonyl (C=O) groups excluding carboxylic acids is 1. The lowest BCUT2D eigenvalue weighted by Gasteiger charge is -2.08. The van der Waals surface area contributed by atoms with E-state index in [9.17, 15) is 4.79 Å². The summed E-state index contributed by atoms with van der Waals surface area (Å²) in [6.07, 6.45) is 2.00. The fraction of sp³-hybridized carbons (Fsp3) is 0.231. The summed E-state index contributed by atoms with van der Waals surface area (Å²) in [7, 11) is 0. The fourth-order valence-electron chi connectivity index (χ4n) is 1.25. The number of rotatable bonds is 4. The first-order valence-electron chi connectivity index (χ1n) is 5.06. The summed E-state index contributed by atoms with van der Waals surface area (Å²) in [5.41, 5.74) is 1.50. The Hall–Kier alpha value is -2.08. The van der Waals surface area contributed by atoms with Crippen molar-refractivity contribution in [3.05, 3.63) is 48.0 Å². The van der Waals surface area contributed by atoms with Crippen molar-refractivity contribution in [2.75, 3.05) is 0 Å². The monoisotopic (exact) mass is 214 g/mol. The zero-order valence-corrected chi connectivity index (χ0v) is 9.23. The number of nitrogens with one attached hydrogen (secondary N) is 1. The third kappa shape index (κ3) is 3.58. The summed E-state index contributed by atoms with van der Waals surface area (Å²) < 4.78 is 0. The molecule has 3 nitrogen and oxygen atoms in total. The highest BCUT2D eigenvalue weighted by atomic mass is 16.1. The Bertz CT molecular complexity index is 415. The SMILES string of the molecule is C=CC(C)NC(=O)Cc1ccc(C#N)cc1. The number of nitrogens with zero attached hydrogens (tertiary/aromatic N) is 1. The fourth-order valence-corrected chi connectivity index (χ4v) is 1.25. The number of carbonyl (C=O) groups is 1. The highest BCUT2D eigenvalue weighted by Crippen LogP contribution is 2.04. The zero-order chi connectivity index (χ0) is 12.0. The first-order chi connectivity index (χ1) is 7.65. The molecule has 82 valence electrons. The molecular weight excluding hydrogens is 200 g/mol. The molecule has 1 rings (SSSR count). The maximum absolute atomic E-state index is 11.5. The lowest BCUT2D eigenvalue weighted by molar-refractivity contribution is -0.120. The van der Waals surface area contributed by atoms with Crippen LogP contribution < -0.4 is 5.32 Å². The highest BCUT2D eigenvalue weighted by molar-refractivity contribution is 5.79. The van der Waals surface area contributed by atoms with Crippen molar-refractivity contribution >= 4 is 5.91 Å². The van der Waals surface area contributed by atoms with E-state index in [1.165, 1.54) is 0 Å². The number of hydrogen-bond acceptors (Lipinski definition) is 2. The second kappa shape index (κ2) is 5.72. The van der Waals surface area contributed by atoms with E-state index in [0.29, 0.717) is 12.0 Å². The number of nitriles is 1. The van der Waals surface area contributed by atoms with Crippen molar-refractivity contribution in [2.24, 2.45) is 0 Å². The van der Waals surface area contributed by atoms with Crippen LogP contribution in [0.15, 0.2) is 36.9 Å². The third-order valence-electron chi connectivity index (χ3n) is 2.19. The third-order valence-corrected chi connectivity index (χ3v) is 2.19. The topological polar surface area (TPSA) is 52.9 Å². The van der Waals surface area contributed by atoms with Crippen LogP contribution >= 0.6 is 0 Å². The molecule has 1 N–H and O–H groups in total. The Labute approximate surface area is 95.4 Å². The van der Waals surface area contributed by atoms with Crippen LogP contribution in [-0.2, 0) is 11.2 Å². The van der Waals surface area contributed by atoms with Crippen LogP contribution in [0.2, 0.25) is 0 Å². The maximum Gasteiger partial charge on any atom is 0.224 e. The molecule has 16 heavy (non-hydrogen) atoms. The minimum atomic E-state index is -0.0443. The van der Waals surface area contributed by atoms with Gasteiger partial charge in [-0.1, -0.05) is 18.2 Å². The molecule has 0 aliphatic rings. The molecule has 1 atom stereocenters. The molecule has 1 amide bonds. The van der Waals surface area contributed by atoms with Crippen LogP contribution in [0, 0.1) is 11.3 Å². The van der Waals surface area contributed by atoms with E-state index in [2.05, 4.69) is 11.9 Å². The van der Waals surface area contributed by atoms with Gasteiger partial charge in [0.1, 0.15) is 0 Å². The second-order valence-electron chi connectivity index (χ2n) is 3.58. The van der Waals surface area contributed by atoms with Gasteiger partial charge in [-0.2, -0.15) is 5.26 Å². The number of benzene rings is 1. The lowest BCUT2D eigenvalue weighted by atomic mass is 10.1. The van der Waals surface area contributed by atoms with Gasteiger partial charge in [0.2, 0.25) is 5.91 Å². The van der Waals surface area contributed by atoms with E-state index in [4.69, 9.17) is 5.26 Å². The first-order valence-corrected chi connectivity index (χ1v) is 5.06. The van der Waals surface area contributed by atoms with Crippen molar-refractivity contribution in [3.8, 4) is 6.07 Å². The Morgan fingerprint density at radius 3 is 2.69 bits per heavy atom. The van der Waals surface area contributed by atoms with Crippen LogP contribution in [0.1, 0.15) is 18.1 Å². The normalized spacial score (nSPS) is 11.2. The van der Waals surface area contributed by atoms with Crippen molar-refractivity contribution in [1.82, 2.24) is 5.32 Å². The average molecular weight is 214 g/mol. The molecule has 0 aliphatic carbocycles. The standard InChI is InChI=1S/C13H14N2O/c1-3-10(2)15-13(16)8-11-4-6-12(9-14)7-5-11/h3-7,10H,1,8H2,2H3,(H,15,16). The van der Waals surface area contributed by atoms with Crippen LogP contribution in [0.5, 0.6) is 0 Å². The van der Waals surface area contributed by atoms with Gasteiger partial charge in [-0.3, -0.25) is 4.79 Å². The maximum atomic E-state index is 11.5. The van der Waals surface area contributed by atoms with Crippen LogP contribution in [-0.4, -0.2) is 11.9 Å². The summed E-state index contributed by atoms with van der Waals surface area (Å²) >= 11 is 0. The van der Waals surface area contributed by atoms with Gasteiger partial charge in [0.05, 0.1) is 18.1 Å². The van der Waals surface area contributed by atoms with E-state index in [1.54, 1.807) is 30.3 Å². The largest absolute Gasteiger partial charge is 0.350 e. The average Bonchev–Trinajstić information content (AvgIpc) is 2.29. The predicted octanol–water partition coefficient (Wildman–Crippen LogP) is 1.79. The highest BCUT2D eigenvalue weighted by Gasteiger charge is 2.05. The van der Waals surface area contributed by atoms with Gasteiger partial charge in [-0.05, 0) is 24.6 Å². The molecule has 0 fully saturated rings. The summed E-state index contributed by atoms with van der Waals surface area (Å²) in [6.45, 7) is 5.46. The number of amides is 1. The van der Waals surface area contributed by atoms with Crippen molar-refractivity contribution in [2.45, 2.75) is 19.4 Å². The Kier molecular flexibility index (Phi) is 4.28. The Balaban J connectivity index is 2.56.